The number of nitrogens with two attached hydrogens (primary N) is 1. The molecule has 1 aromatic carbocycles. The number of fused-ring (bicyclic) bond motifs is 3. The van der Waals surface area contributed by atoms with Gasteiger partial charge in [-0.1, -0.05) is 12.5 Å². The fourth-order valence-electron chi connectivity index (χ4n) is 4.24. The molecule has 1 aromatic heterocycles. The number of hydrogen-bond donors (Lipinski definition) is 3. The lowest BCUT2D eigenvalue weighted by Crippen LogP contribution is -2.25. The third-order valence-corrected chi connectivity index (χ3v) is 5.18. The lowest BCUT2D eigenvalue weighted by Gasteiger charge is -2.28. The molecule has 4 heteroatoms. The Balaban J connectivity index is 1.67. The van der Waals surface area contributed by atoms with Gasteiger partial charge >= 0.3 is 5.69 Å². The maximum Gasteiger partial charge on any atom is 0.323 e. The zero-order chi connectivity index (χ0) is 13.0. The van der Waals surface area contributed by atoms with Gasteiger partial charge in [0.15, 0.2) is 0 Å². The first-order chi connectivity index (χ1) is 9.20. The molecule has 4 N–H and O–H groups in total. The van der Waals surface area contributed by atoms with E-state index in [-0.39, 0.29) is 11.7 Å². The van der Waals surface area contributed by atoms with E-state index in [2.05, 4.69) is 16.0 Å². The highest BCUT2D eigenvalue weighted by Gasteiger charge is 2.42. The number of benzene rings is 1. The maximum absolute atomic E-state index is 11.3. The molecular weight excluding hydrogens is 238 g/mol. The van der Waals surface area contributed by atoms with Crippen LogP contribution in [0.15, 0.2) is 23.0 Å². The summed E-state index contributed by atoms with van der Waals surface area (Å²) in [6, 6.07) is 6.15. The van der Waals surface area contributed by atoms with Gasteiger partial charge < -0.3 is 15.7 Å². The van der Waals surface area contributed by atoms with Crippen LogP contribution in [-0.4, -0.2) is 9.97 Å². The van der Waals surface area contributed by atoms with Crippen LogP contribution in [0.2, 0.25) is 0 Å². The smallest absolute Gasteiger partial charge is 0.323 e. The largest absolute Gasteiger partial charge is 0.324 e. The SMILES string of the molecule is NC(c1ccc2[nH]c(=O)[nH]c2c1)C1CC2CCC1C2. The quantitative estimate of drug-likeness (QED) is 0.772. The molecule has 2 bridgehead atoms. The van der Waals surface area contributed by atoms with Crippen LogP contribution in [0.25, 0.3) is 11.0 Å². The first-order valence-electron chi connectivity index (χ1n) is 7.18. The molecule has 0 amide bonds. The molecule has 2 fully saturated rings. The number of H-pyrrole nitrogens is 2. The summed E-state index contributed by atoms with van der Waals surface area (Å²) in [5, 5.41) is 0. The Labute approximate surface area is 111 Å². The van der Waals surface area contributed by atoms with Crippen LogP contribution in [-0.2, 0) is 0 Å². The molecule has 2 aliphatic rings. The van der Waals surface area contributed by atoms with Crippen molar-refractivity contribution in [1.82, 2.24) is 9.97 Å². The minimum absolute atomic E-state index is 0.109. The molecule has 0 saturated heterocycles. The minimum atomic E-state index is -0.152. The van der Waals surface area contributed by atoms with Crippen molar-refractivity contribution in [2.75, 3.05) is 0 Å². The van der Waals surface area contributed by atoms with E-state index in [1.807, 2.05) is 12.1 Å². The highest BCUT2D eigenvalue weighted by molar-refractivity contribution is 5.75. The molecule has 2 aromatic rings. The first-order valence-corrected chi connectivity index (χ1v) is 7.18. The summed E-state index contributed by atoms with van der Waals surface area (Å²) >= 11 is 0. The van der Waals surface area contributed by atoms with Crippen LogP contribution in [0.3, 0.4) is 0 Å². The molecule has 4 atom stereocenters. The number of nitrogens with one attached hydrogen (secondary N) is 2. The number of aromatic amines is 2. The van der Waals surface area contributed by atoms with Gasteiger partial charge in [0.25, 0.3) is 0 Å². The van der Waals surface area contributed by atoms with Gasteiger partial charge in [-0.25, -0.2) is 4.79 Å². The molecule has 19 heavy (non-hydrogen) atoms. The van der Waals surface area contributed by atoms with Crippen LogP contribution in [0.5, 0.6) is 0 Å². The van der Waals surface area contributed by atoms with Crippen LogP contribution in [0.4, 0.5) is 0 Å². The van der Waals surface area contributed by atoms with Gasteiger partial charge in [0.1, 0.15) is 0 Å². The van der Waals surface area contributed by atoms with Gasteiger partial charge in [0.05, 0.1) is 11.0 Å². The van der Waals surface area contributed by atoms with Crippen LogP contribution < -0.4 is 11.4 Å². The van der Waals surface area contributed by atoms with Crippen molar-refractivity contribution in [3.63, 3.8) is 0 Å². The average Bonchev–Trinajstić information content (AvgIpc) is 3.09. The summed E-state index contributed by atoms with van der Waals surface area (Å²) in [4.78, 5) is 16.9. The van der Waals surface area contributed by atoms with E-state index in [0.29, 0.717) is 5.92 Å². The van der Waals surface area contributed by atoms with E-state index >= 15 is 0 Å². The van der Waals surface area contributed by atoms with E-state index in [9.17, 15) is 4.79 Å². The molecule has 2 saturated carbocycles. The molecule has 2 aliphatic carbocycles. The van der Waals surface area contributed by atoms with Crippen molar-refractivity contribution in [2.45, 2.75) is 31.7 Å². The second-order valence-corrected chi connectivity index (χ2v) is 6.25. The molecular formula is C15H19N3O. The van der Waals surface area contributed by atoms with Crippen molar-refractivity contribution >= 4 is 11.0 Å². The van der Waals surface area contributed by atoms with Gasteiger partial charge in [0.2, 0.25) is 0 Å². The van der Waals surface area contributed by atoms with Gasteiger partial charge in [-0.3, -0.25) is 0 Å². The summed E-state index contributed by atoms with van der Waals surface area (Å²) in [7, 11) is 0. The van der Waals surface area contributed by atoms with E-state index in [4.69, 9.17) is 5.73 Å². The van der Waals surface area contributed by atoms with Crippen molar-refractivity contribution in [3.05, 3.63) is 34.2 Å². The zero-order valence-corrected chi connectivity index (χ0v) is 10.9. The van der Waals surface area contributed by atoms with E-state index < -0.39 is 0 Å². The van der Waals surface area contributed by atoms with Gasteiger partial charge in [-0.15, -0.1) is 0 Å². The number of aromatic nitrogens is 2. The standard InChI is InChI=1S/C15H19N3O/c16-14(11-6-8-1-2-9(11)5-8)10-3-4-12-13(7-10)18-15(19)17-12/h3-4,7-9,11,14H,1-2,5-6,16H2,(H2,17,18,19). The summed E-state index contributed by atoms with van der Waals surface area (Å²) < 4.78 is 0. The summed E-state index contributed by atoms with van der Waals surface area (Å²) in [5.74, 6) is 2.36. The van der Waals surface area contributed by atoms with Gasteiger partial charge in [-0.05, 0) is 54.7 Å². The number of imidazole rings is 1. The summed E-state index contributed by atoms with van der Waals surface area (Å²) in [5.41, 5.74) is 9.20. The normalized spacial score (nSPS) is 31.1. The van der Waals surface area contributed by atoms with Gasteiger partial charge in [-0.2, -0.15) is 0 Å². The Morgan fingerprint density at radius 1 is 1.16 bits per heavy atom. The van der Waals surface area contributed by atoms with E-state index in [0.717, 1.165) is 28.4 Å². The van der Waals surface area contributed by atoms with E-state index in [1.165, 1.54) is 25.7 Å². The maximum atomic E-state index is 11.3. The highest BCUT2D eigenvalue weighted by atomic mass is 16.1. The predicted octanol–water partition coefficient (Wildman–Crippen LogP) is 2.29. The Morgan fingerprint density at radius 2 is 2.00 bits per heavy atom. The molecule has 0 spiro atoms. The molecule has 4 nitrogen and oxygen atoms in total. The molecule has 0 radical (unpaired) electrons. The number of rotatable bonds is 2. The monoisotopic (exact) mass is 257 g/mol. The molecule has 0 aliphatic heterocycles. The van der Waals surface area contributed by atoms with Crippen molar-refractivity contribution in [3.8, 4) is 0 Å². The molecule has 1 heterocycles. The first kappa shape index (κ1) is 11.3. The minimum Gasteiger partial charge on any atom is -0.324 e. The third kappa shape index (κ3) is 1.74. The average molecular weight is 257 g/mol. The third-order valence-electron chi connectivity index (χ3n) is 5.18. The lowest BCUT2D eigenvalue weighted by molar-refractivity contribution is 0.284. The lowest BCUT2D eigenvalue weighted by atomic mass is 9.81. The Bertz CT molecular complexity index is 671. The molecule has 100 valence electrons. The second-order valence-electron chi connectivity index (χ2n) is 6.25. The van der Waals surface area contributed by atoms with Crippen molar-refractivity contribution in [2.24, 2.45) is 23.5 Å². The van der Waals surface area contributed by atoms with Gasteiger partial charge in [0, 0.05) is 6.04 Å². The van der Waals surface area contributed by atoms with Crippen LogP contribution in [0.1, 0.15) is 37.3 Å². The fraction of sp³-hybridized carbons (Fsp3) is 0.533. The number of hydrogen-bond acceptors (Lipinski definition) is 2. The van der Waals surface area contributed by atoms with Crippen molar-refractivity contribution in [1.29, 1.82) is 0 Å². The van der Waals surface area contributed by atoms with Crippen LogP contribution >= 0.6 is 0 Å². The Hall–Kier alpha value is -1.55. The topological polar surface area (TPSA) is 74.7 Å². The highest BCUT2D eigenvalue weighted by Crippen LogP contribution is 2.51. The van der Waals surface area contributed by atoms with Crippen LogP contribution in [0, 0.1) is 17.8 Å². The Morgan fingerprint density at radius 3 is 2.74 bits per heavy atom. The molecule has 4 unspecified atom stereocenters. The van der Waals surface area contributed by atoms with E-state index in [1.54, 1.807) is 0 Å². The zero-order valence-electron chi connectivity index (χ0n) is 10.9. The molecule has 4 rings (SSSR count). The fourth-order valence-corrected chi connectivity index (χ4v) is 4.24. The van der Waals surface area contributed by atoms with Crippen molar-refractivity contribution < 1.29 is 0 Å². The predicted molar refractivity (Wildman–Crippen MR) is 74.8 cm³/mol. The summed E-state index contributed by atoms with van der Waals surface area (Å²) in [6.45, 7) is 0. The Kier molecular flexibility index (Phi) is 2.36. The second kappa shape index (κ2) is 3.97. The summed E-state index contributed by atoms with van der Waals surface area (Å²) in [6.07, 6.45) is 5.42.